The minimum absolute atomic E-state index is 0.0817. The molecular formula is C23H25ClN4OS. The van der Waals surface area contributed by atoms with Gasteiger partial charge in [0.2, 0.25) is 5.91 Å². The lowest BCUT2D eigenvalue weighted by Crippen LogP contribution is -2.58. The Bertz CT molecular complexity index is 1100. The van der Waals surface area contributed by atoms with Crippen molar-refractivity contribution in [2.75, 3.05) is 49.1 Å². The Labute approximate surface area is 185 Å². The first-order valence-electron chi connectivity index (χ1n) is 10.4. The molecule has 2 fully saturated rings. The van der Waals surface area contributed by atoms with Crippen molar-refractivity contribution < 1.29 is 4.79 Å². The van der Waals surface area contributed by atoms with Gasteiger partial charge in [0.1, 0.15) is 0 Å². The zero-order valence-electron chi connectivity index (χ0n) is 17.3. The molecule has 0 atom stereocenters. The summed E-state index contributed by atoms with van der Waals surface area (Å²) in [6, 6.07) is 12.4. The van der Waals surface area contributed by atoms with Crippen molar-refractivity contribution in [2.24, 2.45) is 5.92 Å². The van der Waals surface area contributed by atoms with Crippen LogP contribution in [0.2, 0.25) is 5.02 Å². The van der Waals surface area contributed by atoms with Gasteiger partial charge in [-0.3, -0.25) is 4.79 Å². The van der Waals surface area contributed by atoms with E-state index in [9.17, 15) is 4.79 Å². The number of benzene rings is 2. The molecule has 0 aliphatic carbocycles. The summed E-state index contributed by atoms with van der Waals surface area (Å²) in [5.74, 6) is 0.365. The number of fused-ring (bicyclic) bond motifs is 1. The summed E-state index contributed by atoms with van der Waals surface area (Å²) in [6.07, 6.45) is 0. The summed E-state index contributed by atoms with van der Waals surface area (Å²) in [5.41, 5.74) is 4.69. The third-order valence-electron chi connectivity index (χ3n) is 6.14. The Kier molecular flexibility index (Phi) is 5.07. The zero-order valence-corrected chi connectivity index (χ0v) is 18.8. The lowest BCUT2D eigenvalue weighted by Gasteiger charge is -2.43. The number of aryl methyl sites for hydroxylation is 2. The quantitative estimate of drug-likeness (QED) is 0.607. The summed E-state index contributed by atoms with van der Waals surface area (Å²) < 4.78 is 1.22. The van der Waals surface area contributed by atoms with E-state index in [1.807, 2.05) is 17.0 Å². The van der Waals surface area contributed by atoms with Crippen LogP contribution in [0.5, 0.6) is 0 Å². The van der Waals surface area contributed by atoms with Crippen LogP contribution in [-0.2, 0) is 4.79 Å². The first kappa shape index (κ1) is 19.6. The molecule has 0 bridgehead atoms. The summed E-state index contributed by atoms with van der Waals surface area (Å²) >= 11 is 7.90. The summed E-state index contributed by atoms with van der Waals surface area (Å²) in [6.45, 7) is 8.97. The number of aromatic nitrogens is 1. The Hall–Kier alpha value is -2.31. The van der Waals surface area contributed by atoms with E-state index in [0.717, 1.165) is 54.9 Å². The first-order valence-corrected chi connectivity index (χ1v) is 11.6. The summed E-state index contributed by atoms with van der Waals surface area (Å²) in [7, 11) is 0. The molecule has 30 heavy (non-hydrogen) atoms. The largest absolute Gasteiger partial charge is 0.368 e. The zero-order chi connectivity index (χ0) is 20.8. The maximum atomic E-state index is 13.0. The molecule has 7 heteroatoms. The van der Waals surface area contributed by atoms with Gasteiger partial charge in [-0.1, -0.05) is 35.1 Å². The van der Waals surface area contributed by atoms with Gasteiger partial charge in [0.25, 0.3) is 0 Å². The SMILES string of the molecule is Cc1ccc2nc(N3CC(C(=O)N4CCN(c5cc(Cl)ccc5C)CC4)C3)sc2c1. The van der Waals surface area contributed by atoms with Crippen LogP contribution >= 0.6 is 22.9 Å². The van der Waals surface area contributed by atoms with Gasteiger partial charge in [0.05, 0.1) is 16.1 Å². The van der Waals surface area contributed by atoms with Gasteiger partial charge in [0.15, 0.2) is 5.13 Å². The number of amides is 1. The second kappa shape index (κ2) is 7.75. The molecule has 5 rings (SSSR count). The molecule has 0 N–H and O–H groups in total. The van der Waals surface area contributed by atoms with E-state index in [4.69, 9.17) is 16.6 Å². The molecule has 1 amide bonds. The molecule has 5 nitrogen and oxygen atoms in total. The van der Waals surface area contributed by atoms with Crippen LogP contribution in [0.25, 0.3) is 10.2 Å². The van der Waals surface area contributed by atoms with Gasteiger partial charge in [-0.05, 0) is 49.2 Å². The topological polar surface area (TPSA) is 39.7 Å². The molecular weight excluding hydrogens is 416 g/mol. The number of anilines is 2. The average molecular weight is 441 g/mol. The van der Waals surface area contributed by atoms with Crippen molar-refractivity contribution in [2.45, 2.75) is 13.8 Å². The Balaban J connectivity index is 1.17. The monoisotopic (exact) mass is 440 g/mol. The average Bonchev–Trinajstić information content (AvgIpc) is 3.11. The third-order valence-corrected chi connectivity index (χ3v) is 7.45. The molecule has 3 heterocycles. The fourth-order valence-electron chi connectivity index (χ4n) is 4.30. The lowest BCUT2D eigenvalue weighted by atomic mass is 9.98. The number of halogens is 1. The fraction of sp³-hybridized carbons (Fsp3) is 0.391. The van der Waals surface area contributed by atoms with E-state index < -0.39 is 0 Å². The van der Waals surface area contributed by atoms with Crippen LogP contribution < -0.4 is 9.80 Å². The van der Waals surface area contributed by atoms with E-state index in [1.165, 1.54) is 21.5 Å². The van der Waals surface area contributed by atoms with E-state index in [2.05, 4.69) is 47.9 Å². The molecule has 2 aliphatic heterocycles. The van der Waals surface area contributed by atoms with Crippen molar-refractivity contribution >= 4 is 49.9 Å². The normalized spacial score (nSPS) is 17.5. The minimum atomic E-state index is 0.0817. The molecule has 2 saturated heterocycles. The van der Waals surface area contributed by atoms with Gasteiger partial charge < -0.3 is 14.7 Å². The maximum Gasteiger partial charge on any atom is 0.229 e. The second-order valence-electron chi connectivity index (χ2n) is 8.31. The Morgan fingerprint density at radius 1 is 1.03 bits per heavy atom. The third kappa shape index (κ3) is 3.63. The molecule has 0 spiro atoms. The molecule has 0 saturated carbocycles. The molecule has 0 unspecified atom stereocenters. The number of piperazine rings is 1. The number of nitrogens with zero attached hydrogens (tertiary/aromatic N) is 4. The lowest BCUT2D eigenvalue weighted by molar-refractivity contribution is -0.136. The maximum absolute atomic E-state index is 13.0. The Morgan fingerprint density at radius 2 is 1.80 bits per heavy atom. The predicted molar refractivity (Wildman–Crippen MR) is 125 cm³/mol. The molecule has 1 aromatic heterocycles. The predicted octanol–water partition coefficient (Wildman–Crippen LogP) is 4.35. The number of hydrogen-bond donors (Lipinski definition) is 0. The van der Waals surface area contributed by atoms with Gasteiger partial charge in [-0.25, -0.2) is 4.98 Å². The van der Waals surface area contributed by atoms with Crippen molar-refractivity contribution in [3.8, 4) is 0 Å². The molecule has 2 aliphatic rings. The van der Waals surface area contributed by atoms with E-state index >= 15 is 0 Å². The van der Waals surface area contributed by atoms with Gasteiger partial charge in [-0.15, -0.1) is 0 Å². The van der Waals surface area contributed by atoms with Gasteiger partial charge in [0, 0.05) is 50.0 Å². The number of carbonyl (C=O) groups excluding carboxylic acids is 1. The Morgan fingerprint density at radius 3 is 2.57 bits per heavy atom. The number of thiazole rings is 1. The number of rotatable bonds is 3. The second-order valence-corrected chi connectivity index (χ2v) is 9.76. The van der Waals surface area contributed by atoms with Crippen LogP contribution in [-0.4, -0.2) is 55.1 Å². The van der Waals surface area contributed by atoms with Crippen LogP contribution in [0.15, 0.2) is 36.4 Å². The van der Waals surface area contributed by atoms with Crippen LogP contribution in [0.3, 0.4) is 0 Å². The van der Waals surface area contributed by atoms with E-state index in [1.54, 1.807) is 11.3 Å². The highest BCUT2D eigenvalue weighted by atomic mass is 35.5. The standard InChI is InChI=1S/C23H25ClN4OS/c1-15-3-6-19-21(11-15)30-23(25-19)28-13-17(14-28)22(29)27-9-7-26(8-10-27)20-12-18(24)5-4-16(20)2/h3-6,11-12,17H,7-10,13-14H2,1-2H3. The molecule has 3 aromatic rings. The molecule has 156 valence electrons. The van der Waals surface area contributed by atoms with Crippen molar-refractivity contribution in [3.05, 3.63) is 52.5 Å². The molecule has 0 radical (unpaired) electrons. The minimum Gasteiger partial charge on any atom is -0.368 e. The van der Waals surface area contributed by atoms with Gasteiger partial charge >= 0.3 is 0 Å². The smallest absolute Gasteiger partial charge is 0.229 e. The van der Waals surface area contributed by atoms with Crippen molar-refractivity contribution in [3.63, 3.8) is 0 Å². The number of hydrogen-bond acceptors (Lipinski definition) is 5. The van der Waals surface area contributed by atoms with Crippen LogP contribution in [0, 0.1) is 19.8 Å². The highest BCUT2D eigenvalue weighted by molar-refractivity contribution is 7.22. The van der Waals surface area contributed by atoms with E-state index in [0.29, 0.717) is 0 Å². The molecule has 2 aromatic carbocycles. The first-order chi connectivity index (χ1) is 14.5. The fourth-order valence-corrected chi connectivity index (χ4v) is 5.54. The van der Waals surface area contributed by atoms with Crippen molar-refractivity contribution in [1.29, 1.82) is 0 Å². The van der Waals surface area contributed by atoms with Gasteiger partial charge in [-0.2, -0.15) is 0 Å². The van der Waals surface area contributed by atoms with E-state index in [-0.39, 0.29) is 11.8 Å². The van der Waals surface area contributed by atoms with Crippen LogP contribution in [0.1, 0.15) is 11.1 Å². The summed E-state index contributed by atoms with van der Waals surface area (Å²) in [4.78, 5) is 24.3. The summed E-state index contributed by atoms with van der Waals surface area (Å²) in [5, 5.41) is 1.79. The highest BCUT2D eigenvalue weighted by Crippen LogP contribution is 2.34. The highest BCUT2D eigenvalue weighted by Gasteiger charge is 2.37. The van der Waals surface area contributed by atoms with Crippen LogP contribution in [0.4, 0.5) is 10.8 Å². The van der Waals surface area contributed by atoms with Crippen molar-refractivity contribution in [1.82, 2.24) is 9.88 Å². The number of carbonyl (C=O) groups is 1.